The molecule has 1 atom stereocenters. The number of piperazine rings is 1. The van der Waals surface area contributed by atoms with Crippen molar-refractivity contribution in [2.45, 2.75) is 30.8 Å². The molecule has 4 aromatic rings. The molecule has 0 aliphatic carbocycles. The van der Waals surface area contributed by atoms with Crippen LogP contribution >= 0.6 is 11.3 Å². The summed E-state index contributed by atoms with van der Waals surface area (Å²) >= 11 is 0.982. The summed E-state index contributed by atoms with van der Waals surface area (Å²) in [7, 11) is -3.87. The molecular formula is C24H28N8O4S2. The number of nitrogens with zero attached hydrogens (tertiary/aromatic N) is 7. The van der Waals surface area contributed by atoms with E-state index < -0.39 is 16.1 Å². The minimum atomic E-state index is -3.87. The number of rotatable bonds is 8. The fourth-order valence-electron chi connectivity index (χ4n) is 4.36. The van der Waals surface area contributed by atoms with E-state index in [0.717, 1.165) is 17.2 Å². The number of thiazole rings is 1. The van der Waals surface area contributed by atoms with Crippen molar-refractivity contribution in [1.82, 2.24) is 29.9 Å². The van der Waals surface area contributed by atoms with Crippen LogP contribution < -0.4 is 14.8 Å². The molecule has 14 heteroatoms. The lowest BCUT2D eigenvalue weighted by molar-refractivity contribution is -0.136. The molecule has 1 amide bonds. The molecule has 1 saturated heterocycles. The molecule has 0 saturated carbocycles. The predicted octanol–water partition coefficient (Wildman–Crippen LogP) is 2.06. The predicted molar refractivity (Wildman–Crippen MR) is 142 cm³/mol. The first-order valence-electron chi connectivity index (χ1n) is 12.1. The van der Waals surface area contributed by atoms with Gasteiger partial charge in [-0.1, -0.05) is 25.1 Å². The van der Waals surface area contributed by atoms with Crippen LogP contribution in [0, 0.1) is 5.92 Å². The zero-order valence-electron chi connectivity index (χ0n) is 21.0. The molecule has 0 spiro atoms. The van der Waals surface area contributed by atoms with Gasteiger partial charge in [0.25, 0.3) is 10.0 Å². The van der Waals surface area contributed by atoms with Crippen molar-refractivity contribution in [3.05, 3.63) is 54.5 Å². The second-order valence-corrected chi connectivity index (χ2v) is 12.1. The van der Waals surface area contributed by atoms with Crippen molar-refractivity contribution >= 4 is 43.3 Å². The number of hydrogen-bond donors (Lipinski definition) is 1. The third-order valence-corrected chi connectivity index (χ3v) is 8.60. The molecule has 1 unspecified atom stereocenters. The molecule has 0 bridgehead atoms. The Morgan fingerprint density at radius 1 is 1.16 bits per heavy atom. The Hall–Kier alpha value is -3.62. The molecule has 5 rings (SSSR count). The maximum absolute atomic E-state index is 13.5. The van der Waals surface area contributed by atoms with Crippen LogP contribution in [-0.4, -0.2) is 70.4 Å². The van der Waals surface area contributed by atoms with Crippen molar-refractivity contribution in [3.63, 3.8) is 0 Å². The number of ether oxygens (including phenoxy) is 1. The number of carbonyl (C=O) groups is 1. The van der Waals surface area contributed by atoms with Gasteiger partial charge in [-0.05, 0) is 36.2 Å². The summed E-state index contributed by atoms with van der Waals surface area (Å²) in [6.07, 6.45) is 3.51. The minimum absolute atomic E-state index is 0.00791. The van der Waals surface area contributed by atoms with E-state index in [2.05, 4.69) is 25.2 Å². The number of anilines is 1. The highest BCUT2D eigenvalue weighted by atomic mass is 32.2. The summed E-state index contributed by atoms with van der Waals surface area (Å²) < 4.78 is 31.1. The Kier molecular flexibility index (Phi) is 7.27. The van der Waals surface area contributed by atoms with Crippen LogP contribution in [0.15, 0.2) is 53.1 Å². The van der Waals surface area contributed by atoms with E-state index in [4.69, 9.17) is 9.88 Å². The van der Waals surface area contributed by atoms with Gasteiger partial charge in [-0.15, -0.1) is 16.4 Å². The molecule has 3 aromatic heterocycles. The van der Waals surface area contributed by atoms with Gasteiger partial charge in [-0.3, -0.25) is 4.79 Å². The highest BCUT2D eigenvalue weighted by Gasteiger charge is 2.32. The summed E-state index contributed by atoms with van der Waals surface area (Å²) in [6, 6.07) is 10.4. The molecule has 4 heterocycles. The zero-order valence-corrected chi connectivity index (χ0v) is 22.6. The Morgan fingerprint density at radius 2 is 1.95 bits per heavy atom. The van der Waals surface area contributed by atoms with E-state index in [0.29, 0.717) is 47.8 Å². The van der Waals surface area contributed by atoms with Crippen LogP contribution in [0.2, 0.25) is 0 Å². The van der Waals surface area contributed by atoms with E-state index in [1.54, 1.807) is 35.3 Å². The van der Waals surface area contributed by atoms with Gasteiger partial charge in [0, 0.05) is 32.4 Å². The van der Waals surface area contributed by atoms with Gasteiger partial charge in [0.15, 0.2) is 0 Å². The first-order chi connectivity index (χ1) is 18.2. The number of amides is 1. The van der Waals surface area contributed by atoms with Crippen LogP contribution in [-0.2, 0) is 21.4 Å². The number of pyridine rings is 1. The normalized spacial score (nSPS) is 15.3. The zero-order chi connectivity index (χ0) is 26.9. The molecule has 38 heavy (non-hydrogen) atoms. The molecule has 200 valence electrons. The Bertz CT molecular complexity index is 1530. The van der Waals surface area contributed by atoms with Crippen LogP contribution in [0.3, 0.4) is 0 Å². The third kappa shape index (κ3) is 5.61. The van der Waals surface area contributed by atoms with Crippen LogP contribution in [0.5, 0.6) is 5.75 Å². The topological polar surface area (TPSA) is 149 Å². The maximum atomic E-state index is 13.5. The van der Waals surface area contributed by atoms with Crippen molar-refractivity contribution in [2.75, 3.05) is 31.1 Å². The van der Waals surface area contributed by atoms with Gasteiger partial charge in [-0.25, -0.2) is 28.2 Å². The molecule has 2 N–H and O–H groups in total. The quantitative estimate of drug-likeness (QED) is 0.344. The Balaban J connectivity index is 1.23. The number of benzene rings is 1. The molecular weight excluding hydrogens is 528 g/mol. The largest absolute Gasteiger partial charge is 0.487 e. The van der Waals surface area contributed by atoms with Gasteiger partial charge in [0.2, 0.25) is 10.2 Å². The van der Waals surface area contributed by atoms with E-state index in [9.17, 15) is 13.2 Å². The van der Waals surface area contributed by atoms with Crippen LogP contribution in [0.1, 0.15) is 25.6 Å². The van der Waals surface area contributed by atoms with E-state index >= 15 is 0 Å². The van der Waals surface area contributed by atoms with Crippen molar-refractivity contribution in [3.8, 4) is 5.75 Å². The van der Waals surface area contributed by atoms with Crippen molar-refractivity contribution in [2.24, 2.45) is 11.1 Å². The Morgan fingerprint density at radius 3 is 2.63 bits per heavy atom. The average Bonchev–Trinajstić information content (AvgIpc) is 3.55. The van der Waals surface area contributed by atoms with Gasteiger partial charge >= 0.3 is 0 Å². The van der Waals surface area contributed by atoms with E-state index in [1.807, 2.05) is 36.9 Å². The lowest BCUT2D eigenvalue weighted by atomic mass is 10.0. The second kappa shape index (κ2) is 10.6. The van der Waals surface area contributed by atoms with E-state index in [1.165, 1.54) is 0 Å². The molecule has 0 radical (unpaired) electrons. The number of nitrogens with two attached hydrogens (primary N) is 1. The summed E-state index contributed by atoms with van der Waals surface area (Å²) in [5.41, 5.74) is 1.09. The minimum Gasteiger partial charge on any atom is -0.487 e. The maximum Gasteiger partial charge on any atom is 0.265 e. The van der Waals surface area contributed by atoms with Gasteiger partial charge in [-0.2, -0.15) is 0 Å². The summed E-state index contributed by atoms with van der Waals surface area (Å²) in [5, 5.41) is 13.6. The lowest BCUT2D eigenvalue weighted by Gasteiger charge is -2.37. The lowest BCUT2D eigenvalue weighted by Crippen LogP contribution is -2.51. The molecule has 1 fully saturated rings. The number of hydrogen-bond acceptors (Lipinski definition) is 10. The summed E-state index contributed by atoms with van der Waals surface area (Å²) in [5.74, 6) is 1.46. The number of primary sulfonamides is 1. The van der Waals surface area contributed by atoms with Gasteiger partial charge in [0.1, 0.15) is 29.9 Å². The summed E-state index contributed by atoms with van der Waals surface area (Å²) in [6.45, 7) is 6.76. The average molecular weight is 557 g/mol. The fraction of sp³-hybridized carbons (Fsp3) is 0.375. The van der Waals surface area contributed by atoms with Crippen LogP contribution in [0.25, 0.3) is 10.2 Å². The number of sulfonamides is 1. The molecule has 1 aromatic carbocycles. The molecule has 12 nitrogen and oxygen atoms in total. The van der Waals surface area contributed by atoms with Gasteiger partial charge < -0.3 is 14.5 Å². The third-order valence-electron chi connectivity index (χ3n) is 6.26. The monoisotopic (exact) mass is 556 g/mol. The van der Waals surface area contributed by atoms with E-state index in [-0.39, 0.29) is 22.8 Å². The SMILES string of the molecule is CC(C)C(C(=O)N1CCN(c2ccccn2)CC1)n1cc(COc2ccc3nc(S(N)(=O)=O)sc3c2)nn1. The smallest absolute Gasteiger partial charge is 0.265 e. The number of carbonyl (C=O) groups excluding carboxylic acids is 1. The van der Waals surface area contributed by atoms with Crippen molar-refractivity contribution in [1.29, 1.82) is 0 Å². The van der Waals surface area contributed by atoms with Crippen molar-refractivity contribution < 1.29 is 17.9 Å². The van der Waals surface area contributed by atoms with Crippen LogP contribution in [0.4, 0.5) is 5.82 Å². The highest BCUT2D eigenvalue weighted by molar-refractivity contribution is 7.91. The number of aromatic nitrogens is 5. The molecule has 1 aliphatic heterocycles. The highest BCUT2D eigenvalue weighted by Crippen LogP contribution is 2.29. The van der Waals surface area contributed by atoms with Gasteiger partial charge in [0.05, 0.1) is 16.4 Å². The standard InChI is InChI=1S/C24H28N8O4S2/c1-16(2)22(23(33)31-11-9-30(10-12-31)21-5-3-4-8-26-21)32-14-17(28-29-32)15-36-18-6-7-19-20(13-18)37-24(27-19)38(25,34)35/h3-8,13-14,16,22H,9-12,15H2,1-2H3,(H2,25,34,35). The first-order valence-corrected chi connectivity index (χ1v) is 14.5. The summed E-state index contributed by atoms with van der Waals surface area (Å²) in [4.78, 5) is 26.0. The second-order valence-electron chi connectivity index (χ2n) is 9.32. The fourth-order valence-corrected chi connectivity index (χ4v) is 6.04. The first kappa shape index (κ1) is 26.0. The molecule has 1 aliphatic rings. The number of fused-ring (bicyclic) bond motifs is 1. The Labute approximate surface area is 224 Å².